The Morgan fingerprint density at radius 1 is 0.417 bits per heavy atom. The van der Waals surface area contributed by atoms with Gasteiger partial charge in [-0.3, -0.25) is 0 Å². The SMILES string of the molecule is CCCCCCCCCc1cnc(-c2ccc(CCc3ccc(CCCCCCC)cc3)cc2)nc1. The number of rotatable bonds is 18. The predicted octanol–water partition coefficient (Wildman–Crippen LogP) is 9.73. The van der Waals surface area contributed by atoms with E-state index in [1.165, 1.54) is 106 Å². The smallest absolute Gasteiger partial charge is 0.159 e. The predicted molar refractivity (Wildman–Crippen MR) is 155 cm³/mol. The first kappa shape index (κ1) is 28.1. The molecule has 0 fully saturated rings. The molecule has 0 unspecified atom stereocenters. The van der Waals surface area contributed by atoms with Gasteiger partial charge in [0, 0.05) is 18.0 Å². The molecule has 2 nitrogen and oxygen atoms in total. The molecule has 1 heterocycles. The normalized spacial score (nSPS) is 11.2. The molecule has 0 aliphatic rings. The van der Waals surface area contributed by atoms with Gasteiger partial charge in [-0.25, -0.2) is 9.97 Å². The van der Waals surface area contributed by atoms with Gasteiger partial charge in [-0.15, -0.1) is 0 Å². The van der Waals surface area contributed by atoms with Crippen LogP contribution in [0.25, 0.3) is 11.4 Å². The monoisotopic (exact) mass is 484 g/mol. The van der Waals surface area contributed by atoms with Crippen molar-refractivity contribution in [2.75, 3.05) is 0 Å². The van der Waals surface area contributed by atoms with Crippen molar-refractivity contribution in [3.8, 4) is 11.4 Å². The van der Waals surface area contributed by atoms with Crippen molar-refractivity contribution in [3.05, 3.63) is 83.2 Å². The lowest BCUT2D eigenvalue weighted by atomic mass is 10.00. The van der Waals surface area contributed by atoms with Gasteiger partial charge in [0.1, 0.15) is 0 Å². The zero-order chi connectivity index (χ0) is 25.3. The molecule has 1 aromatic heterocycles. The standard InChI is InChI=1S/C34H48N2/c1-3-5-7-9-10-12-14-16-32-27-35-34(36-28-32)33-25-23-31(24-26-33)22-21-30-19-17-29(18-20-30)15-13-11-8-6-4-2/h17-20,23-28H,3-16,21-22H2,1-2H3. The second-order valence-electron chi connectivity index (χ2n) is 10.5. The Morgan fingerprint density at radius 3 is 1.31 bits per heavy atom. The minimum Gasteiger partial charge on any atom is -0.236 e. The summed E-state index contributed by atoms with van der Waals surface area (Å²) in [5, 5.41) is 0. The highest BCUT2D eigenvalue weighted by atomic mass is 14.9. The average Bonchev–Trinajstić information content (AvgIpc) is 2.93. The Bertz CT molecular complexity index is 942. The van der Waals surface area contributed by atoms with Gasteiger partial charge in [-0.2, -0.15) is 0 Å². The van der Waals surface area contributed by atoms with Crippen molar-refractivity contribution in [2.24, 2.45) is 0 Å². The number of unbranched alkanes of at least 4 members (excludes halogenated alkanes) is 10. The number of nitrogens with zero attached hydrogens (tertiary/aromatic N) is 2. The third-order valence-corrected chi connectivity index (χ3v) is 7.28. The number of aryl methyl sites for hydroxylation is 4. The molecule has 0 amide bonds. The van der Waals surface area contributed by atoms with E-state index in [0.717, 1.165) is 30.7 Å². The average molecular weight is 485 g/mol. The Hall–Kier alpha value is -2.48. The van der Waals surface area contributed by atoms with Crippen LogP contribution < -0.4 is 0 Å². The maximum atomic E-state index is 4.64. The quantitative estimate of drug-likeness (QED) is 0.168. The zero-order valence-electron chi connectivity index (χ0n) is 23.0. The fourth-order valence-electron chi connectivity index (χ4n) is 4.83. The molecule has 0 saturated carbocycles. The minimum atomic E-state index is 0.829. The molecule has 0 aliphatic carbocycles. The molecule has 194 valence electrons. The van der Waals surface area contributed by atoms with E-state index in [-0.39, 0.29) is 0 Å². The fraction of sp³-hybridized carbons (Fsp3) is 0.529. The van der Waals surface area contributed by atoms with Crippen LogP contribution in [0.1, 0.15) is 113 Å². The fourth-order valence-corrected chi connectivity index (χ4v) is 4.83. The second-order valence-corrected chi connectivity index (χ2v) is 10.5. The van der Waals surface area contributed by atoms with Crippen molar-refractivity contribution >= 4 is 0 Å². The van der Waals surface area contributed by atoms with Crippen molar-refractivity contribution in [3.63, 3.8) is 0 Å². The molecular formula is C34H48N2. The molecular weight excluding hydrogens is 436 g/mol. The van der Waals surface area contributed by atoms with Crippen LogP contribution in [-0.4, -0.2) is 9.97 Å². The summed E-state index contributed by atoms with van der Waals surface area (Å²) in [4.78, 5) is 9.29. The maximum Gasteiger partial charge on any atom is 0.159 e. The molecule has 0 atom stereocenters. The third kappa shape index (κ3) is 10.6. The first-order valence-corrected chi connectivity index (χ1v) is 14.8. The van der Waals surface area contributed by atoms with E-state index in [1.54, 1.807) is 0 Å². The van der Waals surface area contributed by atoms with E-state index in [1.807, 2.05) is 12.4 Å². The maximum absolute atomic E-state index is 4.64. The van der Waals surface area contributed by atoms with Gasteiger partial charge in [0.05, 0.1) is 0 Å². The lowest BCUT2D eigenvalue weighted by molar-refractivity contribution is 0.589. The molecule has 0 bridgehead atoms. The van der Waals surface area contributed by atoms with Gasteiger partial charge in [0.2, 0.25) is 0 Å². The number of hydrogen-bond donors (Lipinski definition) is 0. The second kappa shape index (κ2) is 17.1. The highest BCUT2D eigenvalue weighted by Gasteiger charge is 2.04. The summed E-state index contributed by atoms with van der Waals surface area (Å²) in [6.07, 6.45) is 24.6. The first-order valence-electron chi connectivity index (χ1n) is 14.8. The topological polar surface area (TPSA) is 25.8 Å². The van der Waals surface area contributed by atoms with Gasteiger partial charge in [0.15, 0.2) is 5.82 Å². The van der Waals surface area contributed by atoms with Gasteiger partial charge < -0.3 is 0 Å². The first-order chi connectivity index (χ1) is 17.8. The van der Waals surface area contributed by atoms with Crippen molar-refractivity contribution in [2.45, 2.75) is 117 Å². The highest BCUT2D eigenvalue weighted by molar-refractivity contribution is 5.55. The van der Waals surface area contributed by atoms with Gasteiger partial charge >= 0.3 is 0 Å². The molecule has 0 saturated heterocycles. The Morgan fingerprint density at radius 2 is 0.806 bits per heavy atom. The van der Waals surface area contributed by atoms with Crippen LogP contribution in [0.15, 0.2) is 60.9 Å². The number of aromatic nitrogens is 2. The lowest BCUT2D eigenvalue weighted by Crippen LogP contribution is -1.95. The van der Waals surface area contributed by atoms with E-state index < -0.39 is 0 Å². The third-order valence-electron chi connectivity index (χ3n) is 7.28. The van der Waals surface area contributed by atoms with E-state index >= 15 is 0 Å². The van der Waals surface area contributed by atoms with Crippen LogP contribution in [0.4, 0.5) is 0 Å². The zero-order valence-corrected chi connectivity index (χ0v) is 23.0. The van der Waals surface area contributed by atoms with Gasteiger partial charge in [-0.05, 0) is 60.8 Å². The van der Waals surface area contributed by atoms with E-state index in [2.05, 4.69) is 72.3 Å². The molecule has 3 rings (SSSR count). The van der Waals surface area contributed by atoms with Crippen LogP contribution in [-0.2, 0) is 25.7 Å². The van der Waals surface area contributed by atoms with Crippen LogP contribution in [0, 0.1) is 0 Å². The Balaban J connectivity index is 1.37. The molecule has 36 heavy (non-hydrogen) atoms. The summed E-state index contributed by atoms with van der Waals surface area (Å²) in [5.41, 5.74) is 6.63. The van der Waals surface area contributed by atoms with Crippen molar-refractivity contribution in [1.29, 1.82) is 0 Å². The summed E-state index contributed by atoms with van der Waals surface area (Å²) in [6.45, 7) is 4.55. The Labute approximate surface area is 221 Å². The number of benzene rings is 2. The number of hydrogen-bond acceptors (Lipinski definition) is 2. The summed E-state index contributed by atoms with van der Waals surface area (Å²) < 4.78 is 0. The van der Waals surface area contributed by atoms with Crippen LogP contribution >= 0.6 is 0 Å². The van der Waals surface area contributed by atoms with Crippen LogP contribution in [0.3, 0.4) is 0 Å². The van der Waals surface area contributed by atoms with E-state index in [9.17, 15) is 0 Å². The van der Waals surface area contributed by atoms with E-state index in [4.69, 9.17) is 0 Å². The molecule has 0 aliphatic heterocycles. The molecule has 2 heteroatoms. The molecule has 0 N–H and O–H groups in total. The van der Waals surface area contributed by atoms with Crippen LogP contribution in [0.2, 0.25) is 0 Å². The van der Waals surface area contributed by atoms with E-state index in [0.29, 0.717) is 0 Å². The van der Waals surface area contributed by atoms with Gasteiger partial charge in [0.25, 0.3) is 0 Å². The molecule has 2 aromatic carbocycles. The highest BCUT2D eigenvalue weighted by Crippen LogP contribution is 2.18. The van der Waals surface area contributed by atoms with Crippen LogP contribution in [0.5, 0.6) is 0 Å². The summed E-state index contributed by atoms with van der Waals surface area (Å²) in [6, 6.07) is 18.1. The van der Waals surface area contributed by atoms with Gasteiger partial charge in [-0.1, -0.05) is 127 Å². The lowest BCUT2D eigenvalue weighted by Gasteiger charge is -2.07. The Kier molecular flexibility index (Phi) is 13.3. The summed E-state index contributed by atoms with van der Waals surface area (Å²) in [5.74, 6) is 0.829. The summed E-state index contributed by atoms with van der Waals surface area (Å²) >= 11 is 0. The molecule has 0 spiro atoms. The van der Waals surface area contributed by atoms with Crippen molar-refractivity contribution < 1.29 is 0 Å². The molecule has 3 aromatic rings. The van der Waals surface area contributed by atoms with Crippen molar-refractivity contribution in [1.82, 2.24) is 9.97 Å². The minimum absolute atomic E-state index is 0.829. The molecule has 0 radical (unpaired) electrons. The summed E-state index contributed by atoms with van der Waals surface area (Å²) in [7, 11) is 0. The largest absolute Gasteiger partial charge is 0.236 e.